The molecule has 0 radical (unpaired) electrons. The van der Waals surface area contributed by atoms with Crippen molar-refractivity contribution in [3.8, 4) is 0 Å². The standard InChI is InChI=1S/C31H51NO2/c1-21(2)10-8-9-11-22-14-18-31(7)24-12-13-25-28(3,4)26(34-27(33)20-32)16-17-29(25,5)23(24)15-19-30(22,31)6/h10,22,25-26H,8-9,11-20,32H2,1-7H3. The quantitative estimate of drug-likeness (QED) is 0.246. The van der Waals surface area contributed by atoms with Gasteiger partial charge in [-0.15, -0.1) is 0 Å². The number of rotatable bonds is 6. The van der Waals surface area contributed by atoms with Gasteiger partial charge in [-0.2, -0.15) is 0 Å². The van der Waals surface area contributed by atoms with E-state index in [0.717, 1.165) is 18.8 Å². The molecule has 0 aliphatic heterocycles. The summed E-state index contributed by atoms with van der Waals surface area (Å²) < 4.78 is 5.88. The molecule has 4 aliphatic rings. The lowest BCUT2D eigenvalue weighted by atomic mass is 9.43. The minimum Gasteiger partial charge on any atom is -0.461 e. The van der Waals surface area contributed by atoms with E-state index in [4.69, 9.17) is 10.5 Å². The number of nitrogens with two attached hydrogens (primary N) is 1. The number of ether oxygens (including phenoxy) is 1. The maximum absolute atomic E-state index is 12.0. The van der Waals surface area contributed by atoms with Gasteiger partial charge in [0.1, 0.15) is 6.10 Å². The molecule has 6 unspecified atom stereocenters. The van der Waals surface area contributed by atoms with Crippen LogP contribution in [0.2, 0.25) is 0 Å². The van der Waals surface area contributed by atoms with Crippen LogP contribution >= 0.6 is 0 Å². The van der Waals surface area contributed by atoms with Gasteiger partial charge in [0, 0.05) is 5.41 Å². The summed E-state index contributed by atoms with van der Waals surface area (Å²) >= 11 is 0. The fraction of sp³-hybridized carbons (Fsp3) is 0.839. The Morgan fingerprint density at radius 1 is 1.00 bits per heavy atom. The van der Waals surface area contributed by atoms with Crippen LogP contribution in [0.4, 0.5) is 0 Å². The summed E-state index contributed by atoms with van der Waals surface area (Å²) in [6, 6.07) is 0. The largest absolute Gasteiger partial charge is 0.461 e. The highest BCUT2D eigenvalue weighted by molar-refractivity contribution is 5.71. The van der Waals surface area contributed by atoms with Gasteiger partial charge in [0.15, 0.2) is 0 Å². The number of esters is 1. The minimum absolute atomic E-state index is 0.00936. The Bertz CT molecular complexity index is 865. The van der Waals surface area contributed by atoms with Gasteiger partial charge in [-0.05, 0) is 113 Å². The zero-order valence-electron chi connectivity index (χ0n) is 23.2. The zero-order chi connectivity index (χ0) is 24.9. The number of fused-ring (bicyclic) bond motifs is 4. The Kier molecular flexibility index (Phi) is 6.95. The second-order valence-electron chi connectivity index (χ2n) is 13.7. The van der Waals surface area contributed by atoms with Crippen LogP contribution in [-0.2, 0) is 9.53 Å². The van der Waals surface area contributed by atoms with Gasteiger partial charge in [-0.1, -0.05) is 57.4 Å². The van der Waals surface area contributed by atoms with E-state index in [1.807, 2.05) is 11.1 Å². The molecule has 6 atom stereocenters. The molecule has 4 rings (SSSR count). The molecule has 0 spiro atoms. The maximum Gasteiger partial charge on any atom is 0.319 e. The molecule has 2 fully saturated rings. The molecule has 3 heteroatoms. The van der Waals surface area contributed by atoms with Gasteiger partial charge >= 0.3 is 5.97 Å². The number of carbonyl (C=O) groups is 1. The van der Waals surface area contributed by atoms with Crippen molar-refractivity contribution in [2.45, 2.75) is 125 Å². The first-order chi connectivity index (χ1) is 15.9. The maximum atomic E-state index is 12.0. The van der Waals surface area contributed by atoms with Crippen LogP contribution in [-0.4, -0.2) is 18.6 Å². The van der Waals surface area contributed by atoms with E-state index in [-0.39, 0.29) is 29.4 Å². The summed E-state index contributed by atoms with van der Waals surface area (Å²) in [5.41, 5.74) is 11.7. The van der Waals surface area contributed by atoms with Gasteiger partial charge in [0.2, 0.25) is 0 Å². The first-order valence-electron chi connectivity index (χ1n) is 14.2. The summed E-state index contributed by atoms with van der Waals surface area (Å²) in [6.45, 7) is 17.0. The first kappa shape index (κ1) is 26.0. The fourth-order valence-corrected chi connectivity index (χ4v) is 9.42. The Hall–Kier alpha value is -1.09. The molecule has 34 heavy (non-hydrogen) atoms. The van der Waals surface area contributed by atoms with Crippen molar-refractivity contribution in [3.63, 3.8) is 0 Å². The predicted octanol–water partition coefficient (Wildman–Crippen LogP) is 7.74. The highest BCUT2D eigenvalue weighted by Gasteiger charge is 2.63. The average molecular weight is 470 g/mol. The molecule has 0 aromatic heterocycles. The normalized spacial score (nSPS) is 40.8. The van der Waals surface area contributed by atoms with Crippen molar-refractivity contribution in [1.82, 2.24) is 0 Å². The van der Waals surface area contributed by atoms with Crippen molar-refractivity contribution in [2.75, 3.05) is 6.54 Å². The molecule has 2 N–H and O–H groups in total. The van der Waals surface area contributed by atoms with E-state index in [1.54, 1.807) is 0 Å². The Balaban J connectivity index is 1.59. The van der Waals surface area contributed by atoms with E-state index in [9.17, 15) is 4.79 Å². The van der Waals surface area contributed by atoms with Gasteiger partial charge in [0.05, 0.1) is 6.54 Å². The molecule has 0 aromatic rings. The third-order valence-electron chi connectivity index (χ3n) is 11.6. The van der Waals surface area contributed by atoms with Crippen molar-refractivity contribution >= 4 is 5.97 Å². The van der Waals surface area contributed by atoms with Crippen LogP contribution in [0.25, 0.3) is 0 Å². The summed E-state index contributed by atoms with van der Waals surface area (Å²) in [5.74, 6) is 1.18. The highest BCUT2D eigenvalue weighted by atomic mass is 16.5. The Labute approximate surface area is 209 Å². The molecule has 0 amide bonds. The highest BCUT2D eigenvalue weighted by Crippen LogP contribution is 2.72. The molecule has 0 saturated heterocycles. The molecule has 4 aliphatic carbocycles. The zero-order valence-corrected chi connectivity index (χ0v) is 23.2. The lowest BCUT2D eigenvalue weighted by molar-refractivity contribution is -0.168. The van der Waals surface area contributed by atoms with Crippen molar-refractivity contribution in [2.24, 2.45) is 39.2 Å². The van der Waals surface area contributed by atoms with Crippen molar-refractivity contribution in [3.05, 3.63) is 22.8 Å². The number of hydrogen-bond acceptors (Lipinski definition) is 3. The molecule has 0 heterocycles. The molecular formula is C31H51NO2. The van der Waals surface area contributed by atoms with E-state index >= 15 is 0 Å². The second-order valence-corrected chi connectivity index (χ2v) is 13.7. The Morgan fingerprint density at radius 3 is 2.41 bits per heavy atom. The minimum atomic E-state index is -0.250. The molecule has 3 nitrogen and oxygen atoms in total. The van der Waals surface area contributed by atoms with Crippen LogP contribution in [0.1, 0.15) is 119 Å². The lowest BCUT2D eigenvalue weighted by Gasteiger charge is -2.62. The van der Waals surface area contributed by atoms with Crippen LogP contribution in [0.3, 0.4) is 0 Å². The average Bonchev–Trinajstić information content (AvgIpc) is 3.04. The summed E-state index contributed by atoms with van der Waals surface area (Å²) in [5, 5.41) is 0. The molecule has 2 saturated carbocycles. The second kappa shape index (κ2) is 9.09. The number of unbranched alkanes of at least 4 members (excludes halogenated alkanes) is 1. The summed E-state index contributed by atoms with van der Waals surface area (Å²) in [6.07, 6.45) is 16.4. The van der Waals surface area contributed by atoms with E-state index < -0.39 is 0 Å². The number of hydrogen-bond donors (Lipinski definition) is 1. The fourth-order valence-electron chi connectivity index (χ4n) is 9.42. The predicted molar refractivity (Wildman–Crippen MR) is 141 cm³/mol. The Morgan fingerprint density at radius 2 is 1.74 bits per heavy atom. The van der Waals surface area contributed by atoms with Crippen LogP contribution in [0.15, 0.2) is 22.8 Å². The molecule has 0 bridgehead atoms. The van der Waals surface area contributed by atoms with E-state index in [1.165, 1.54) is 63.4 Å². The summed E-state index contributed by atoms with van der Waals surface area (Å²) in [4.78, 5) is 12.0. The molecule has 0 aromatic carbocycles. The van der Waals surface area contributed by atoms with Gasteiger partial charge in [0.25, 0.3) is 0 Å². The third-order valence-corrected chi connectivity index (χ3v) is 11.6. The number of carbonyl (C=O) groups excluding carboxylic acids is 1. The molecular weight excluding hydrogens is 418 g/mol. The monoisotopic (exact) mass is 469 g/mol. The van der Waals surface area contributed by atoms with Crippen molar-refractivity contribution < 1.29 is 9.53 Å². The first-order valence-corrected chi connectivity index (χ1v) is 14.2. The topological polar surface area (TPSA) is 52.3 Å². The van der Waals surface area contributed by atoms with Crippen LogP contribution in [0, 0.1) is 33.5 Å². The van der Waals surface area contributed by atoms with Crippen molar-refractivity contribution in [1.29, 1.82) is 0 Å². The van der Waals surface area contributed by atoms with E-state index in [2.05, 4.69) is 54.5 Å². The summed E-state index contributed by atoms with van der Waals surface area (Å²) in [7, 11) is 0. The van der Waals surface area contributed by atoms with E-state index in [0.29, 0.717) is 16.7 Å². The third kappa shape index (κ3) is 3.93. The smallest absolute Gasteiger partial charge is 0.319 e. The molecule has 192 valence electrons. The van der Waals surface area contributed by atoms with Gasteiger partial charge in [-0.25, -0.2) is 0 Å². The van der Waals surface area contributed by atoms with Gasteiger partial charge < -0.3 is 10.5 Å². The van der Waals surface area contributed by atoms with Crippen LogP contribution < -0.4 is 5.73 Å². The SMILES string of the molecule is CC(C)=CCCCC1CCC2(C)C3=C(CCC12C)C1(C)CCC(OC(=O)CN)C(C)(C)C1CC3. The van der Waals surface area contributed by atoms with Gasteiger partial charge in [-0.3, -0.25) is 4.79 Å². The van der Waals surface area contributed by atoms with Crippen LogP contribution in [0.5, 0.6) is 0 Å². The lowest BCUT2D eigenvalue weighted by Crippen LogP contribution is -2.55. The number of allylic oxidation sites excluding steroid dienone is 4.